The van der Waals surface area contributed by atoms with Crippen molar-refractivity contribution in [2.24, 2.45) is 0 Å². The van der Waals surface area contributed by atoms with Gasteiger partial charge in [-0.05, 0) is 37.8 Å². The van der Waals surface area contributed by atoms with Gasteiger partial charge < -0.3 is 10.2 Å². The van der Waals surface area contributed by atoms with Gasteiger partial charge in [-0.25, -0.2) is 17.9 Å². The Bertz CT molecular complexity index is 606. The van der Waals surface area contributed by atoms with Crippen molar-refractivity contribution < 1.29 is 13.2 Å². The molecule has 23 heavy (non-hydrogen) atoms. The van der Waals surface area contributed by atoms with Crippen LogP contribution in [0.25, 0.3) is 0 Å². The van der Waals surface area contributed by atoms with Gasteiger partial charge in [-0.3, -0.25) is 4.98 Å². The lowest BCUT2D eigenvalue weighted by Gasteiger charge is -2.35. The fraction of sp³-hybridized carbons (Fsp3) is 0.600. The lowest BCUT2D eigenvalue weighted by molar-refractivity contribution is 0.146. The molecule has 8 heteroatoms. The molecule has 1 aliphatic rings. The Labute approximate surface area is 137 Å². The molecule has 0 unspecified atom stereocenters. The number of aromatic nitrogens is 1. The predicted molar refractivity (Wildman–Crippen MR) is 88.3 cm³/mol. The maximum absolute atomic E-state index is 12.4. The lowest BCUT2D eigenvalue weighted by atomic mass is 10.00. The van der Waals surface area contributed by atoms with Crippen LogP contribution in [0, 0.1) is 0 Å². The monoisotopic (exact) mass is 340 g/mol. The molecule has 1 fully saturated rings. The Hall–Kier alpha value is -1.67. The number of nitrogens with one attached hydrogen (secondary N) is 2. The van der Waals surface area contributed by atoms with Crippen LogP contribution in [0.5, 0.6) is 0 Å². The van der Waals surface area contributed by atoms with Gasteiger partial charge in [0, 0.05) is 25.3 Å². The van der Waals surface area contributed by atoms with Gasteiger partial charge in [-0.2, -0.15) is 0 Å². The molecule has 1 aromatic rings. The molecule has 128 valence electrons. The Balaban J connectivity index is 1.85. The zero-order valence-corrected chi connectivity index (χ0v) is 14.2. The van der Waals surface area contributed by atoms with Gasteiger partial charge in [-0.1, -0.05) is 6.07 Å². The van der Waals surface area contributed by atoms with E-state index >= 15 is 0 Å². The van der Waals surface area contributed by atoms with E-state index in [2.05, 4.69) is 15.0 Å². The smallest absolute Gasteiger partial charge is 0.317 e. The summed E-state index contributed by atoms with van der Waals surface area (Å²) in [5.41, 5.74) is 0.813. The van der Waals surface area contributed by atoms with E-state index in [0.29, 0.717) is 26.1 Å². The Morgan fingerprint density at radius 1 is 1.39 bits per heavy atom. The van der Waals surface area contributed by atoms with Gasteiger partial charge in [0.1, 0.15) is 0 Å². The van der Waals surface area contributed by atoms with Gasteiger partial charge in [-0.15, -0.1) is 0 Å². The zero-order valence-electron chi connectivity index (χ0n) is 13.4. The van der Waals surface area contributed by atoms with Crippen LogP contribution in [0.1, 0.15) is 31.4 Å². The largest absolute Gasteiger partial charge is 0.332 e. The second-order valence-corrected chi connectivity index (χ2v) is 7.61. The van der Waals surface area contributed by atoms with Gasteiger partial charge in [0.05, 0.1) is 18.5 Å². The number of amides is 2. The topological polar surface area (TPSA) is 91.4 Å². The van der Waals surface area contributed by atoms with E-state index in [9.17, 15) is 13.2 Å². The van der Waals surface area contributed by atoms with Crippen LogP contribution in [0.3, 0.4) is 0 Å². The van der Waals surface area contributed by atoms with E-state index in [1.54, 1.807) is 6.20 Å². The molecule has 2 rings (SSSR count). The second kappa shape index (κ2) is 8.26. The molecule has 1 aliphatic heterocycles. The highest BCUT2D eigenvalue weighted by Crippen LogP contribution is 2.19. The third kappa shape index (κ3) is 6.15. The Morgan fingerprint density at radius 3 is 2.91 bits per heavy atom. The van der Waals surface area contributed by atoms with Crippen LogP contribution < -0.4 is 10.0 Å². The summed E-state index contributed by atoms with van der Waals surface area (Å²) in [6.45, 7) is 1.45. The molecule has 2 N–H and O–H groups in total. The number of sulfonamides is 1. The number of piperidine rings is 1. The van der Waals surface area contributed by atoms with Crippen molar-refractivity contribution in [1.82, 2.24) is 19.9 Å². The maximum Gasteiger partial charge on any atom is 0.317 e. The van der Waals surface area contributed by atoms with Crippen LogP contribution in [0.15, 0.2) is 24.4 Å². The van der Waals surface area contributed by atoms with Crippen molar-refractivity contribution in [1.29, 1.82) is 0 Å². The summed E-state index contributed by atoms with van der Waals surface area (Å²) in [5.74, 6) is 0. The molecule has 0 radical (unpaired) electrons. The molecular weight excluding hydrogens is 316 g/mol. The van der Waals surface area contributed by atoms with E-state index in [1.165, 1.54) is 0 Å². The van der Waals surface area contributed by atoms with Crippen LogP contribution in [-0.2, 0) is 16.6 Å². The Kier molecular flexibility index (Phi) is 6.35. The second-order valence-electron chi connectivity index (χ2n) is 5.78. The minimum atomic E-state index is -3.19. The highest BCUT2D eigenvalue weighted by Gasteiger charge is 2.26. The average Bonchev–Trinajstić information content (AvgIpc) is 2.53. The molecule has 0 spiro atoms. The van der Waals surface area contributed by atoms with Gasteiger partial charge in [0.2, 0.25) is 10.0 Å². The first-order chi connectivity index (χ1) is 11.0. The number of nitrogens with zero attached hydrogens (tertiary/aromatic N) is 2. The first-order valence-electron chi connectivity index (χ1n) is 7.85. The highest BCUT2D eigenvalue weighted by molar-refractivity contribution is 7.88. The molecule has 7 nitrogen and oxygen atoms in total. The summed E-state index contributed by atoms with van der Waals surface area (Å²) in [7, 11) is -3.19. The summed E-state index contributed by atoms with van der Waals surface area (Å²) in [5, 5.41) is 2.89. The first-order valence-corrected chi connectivity index (χ1v) is 9.74. The molecule has 1 saturated heterocycles. The Morgan fingerprint density at radius 2 is 2.22 bits per heavy atom. The van der Waals surface area contributed by atoms with Crippen LogP contribution in [-0.4, -0.2) is 49.7 Å². The molecule has 0 aromatic carbocycles. The van der Waals surface area contributed by atoms with Gasteiger partial charge >= 0.3 is 6.03 Å². The average molecular weight is 340 g/mol. The van der Waals surface area contributed by atoms with Gasteiger partial charge in [0.25, 0.3) is 0 Å². The molecular formula is C15H24N4O3S. The molecule has 2 amide bonds. The standard InChI is InChI=1S/C15H24N4O3S/c1-23(21,22)18-10-8-14-7-3-5-11-19(14)15(20)17-12-13-6-2-4-9-16-13/h2,4,6,9,14,18H,3,5,7-8,10-12H2,1H3,(H,17,20)/t14-/m1/s1. The molecule has 0 aliphatic carbocycles. The summed E-state index contributed by atoms with van der Waals surface area (Å²) in [4.78, 5) is 18.4. The summed E-state index contributed by atoms with van der Waals surface area (Å²) >= 11 is 0. The van der Waals surface area contributed by atoms with Crippen molar-refractivity contribution in [3.05, 3.63) is 30.1 Å². The maximum atomic E-state index is 12.4. The zero-order chi connectivity index (χ0) is 16.7. The quantitative estimate of drug-likeness (QED) is 0.811. The van der Waals surface area contributed by atoms with Crippen LogP contribution in [0.2, 0.25) is 0 Å². The molecule has 0 bridgehead atoms. The number of hydrogen-bond acceptors (Lipinski definition) is 4. The molecule has 1 atom stereocenters. The number of carbonyl (C=O) groups is 1. The van der Waals surface area contributed by atoms with Crippen molar-refractivity contribution >= 4 is 16.1 Å². The minimum Gasteiger partial charge on any atom is -0.332 e. The fourth-order valence-corrected chi connectivity index (χ4v) is 3.24. The summed E-state index contributed by atoms with van der Waals surface area (Å²) < 4.78 is 24.8. The third-order valence-electron chi connectivity index (χ3n) is 3.88. The van der Waals surface area contributed by atoms with E-state index in [4.69, 9.17) is 0 Å². The third-order valence-corrected chi connectivity index (χ3v) is 4.61. The van der Waals surface area contributed by atoms with Gasteiger partial charge in [0.15, 0.2) is 0 Å². The van der Waals surface area contributed by atoms with E-state index < -0.39 is 10.0 Å². The number of urea groups is 1. The van der Waals surface area contributed by atoms with E-state index in [-0.39, 0.29) is 12.1 Å². The number of likely N-dealkylation sites (tertiary alicyclic amines) is 1. The van der Waals surface area contributed by atoms with Crippen molar-refractivity contribution in [3.8, 4) is 0 Å². The lowest BCUT2D eigenvalue weighted by Crippen LogP contribution is -2.49. The van der Waals surface area contributed by atoms with Crippen LogP contribution in [0.4, 0.5) is 4.79 Å². The van der Waals surface area contributed by atoms with E-state index in [0.717, 1.165) is 31.2 Å². The highest BCUT2D eigenvalue weighted by atomic mass is 32.2. The fourth-order valence-electron chi connectivity index (χ4n) is 2.75. The number of pyridine rings is 1. The first kappa shape index (κ1) is 17.7. The van der Waals surface area contributed by atoms with E-state index in [1.807, 2.05) is 23.1 Å². The molecule has 0 saturated carbocycles. The SMILES string of the molecule is CS(=O)(=O)NCC[C@H]1CCCCN1C(=O)NCc1ccccn1. The molecule has 1 aromatic heterocycles. The number of rotatable bonds is 6. The van der Waals surface area contributed by atoms with Crippen LogP contribution >= 0.6 is 0 Å². The summed E-state index contributed by atoms with van der Waals surface area (Å²) in [6, 6.07) is 5.54. The van der Waals surface area contributed by atoms with Crippen molar-refractivity contribution in [2.45, 2.75) is 38.3 Å². The molecule has 2 heterocycles. The summed E-state index contributed by atoms with van der Waals surface area (Å²) in [6.07, 6.45) is 6.42. The normalized spacial score (nSPS) is 18.7. The minimum absolute atomic E-state index is 0.0710. The number of carbonyl (C=O) groups excluding carboxylic acids is 1. The number of hydrogen-bond donors (Lipinski definition) is 2. The predicted octanol–water partition coefficient (Wildman–Crippen LogP) is 1.08. The van der Waals surface area contributed by atoms with Crippen molar-refractivity contribution in [3.63, 3.8) is 0 Å². The van der Waals surface area contributed by atoms with Crippen molar-refractivity contribution in [2.75, 3.05) is 19.3 Å².